The van der Waals surface area contributed by atoms with Crippen molar-refractivity contribution in [1.82, 2.24) is 9.97 Å². The van der Waals surface area contributed by atoms with Crippen LogP contribution in [0.25, 0.3) is 0 Å². The molecule has 0 aliphatic rings. The fraction of sp³-hybridized carbons (Fsp3) is 0.444. The molecule has 0 amide bonds. The van der Waals surface area contributed by atoms with Gasteiger partial charge in [-0.1, -0.05) is 20.8 Å². The number of aliphatic hydroxyl groups is 1. The van der Waals surface area contributed by atoms with Crippen LogP contribution in [-0.4, -0.2) is 38.2 Å². The SMILES string of the molecule is CCc1cnc(Nc2ccc(S(C)(=N)=O)cc2)nc1N[C@@H](CO)C(C)C. The van der Waals surface area contributed by atoms with Crippen LogP contribution in [0.3, 0.4) is 0 Å². The third-order valence-corrected chi connectivity index (χ3v) is 5.30. The number of rotatable bonds is 8. The maximum atomic E-state index is 11.8. The Kier molecular flexibility index (Phi) is 6.55. The van der Waals surface area contributed by atoms with Crippen molar-refractivity contribution in [3.63, 3.8) is 0 Å². The number of nitrogens with one attached hydrogen (secondary N) is 3. The number of aromatic nitrogens is 2. The van der Waals surface area contributed by atoms with E-state index in [9.17, 15) is 9.32 Å². The number of nitrogens with zero attached hydrogens (tertiary/aromatic N) is 2. The Morgan fingerprint density at radius 2 is 1.92 bits per heavy atom. The van der Waals surface area contributed by atoms with E-state index < -0.39 is 9.73 Å². The van der Waals surface area contributed by atoms with Crippen molar-refractivity contribution in [2.45, 2.75) is 38.1 Å². The smallest absolute Gasteiger partial charge is 0.229 e. The molecule has 0 aliphatic heterocycles. The van der Waals surface area contributed by atoms with Gasteiger partial charge < -0.3 is 15.7 Å². The van der Waals surface area contributed by atoms with Crippen LogP contribution >= 0.6 is 0 Å². The van der Waals surface area contributed by atoms with Crippen LogP contribution in [0, 0.1) is 10.7 Å². The molecular formula is C18H27N5O2S. The van der Waals surface area contributed by atoms with Crippen molar-refractivity contribution in [3.8, 4) is 0 Å². The number of hydrogen-bond acceptors (Lipinski definition) is 7. The number of aryl methyl sites for hydroxylation is 1. The van der Waals surface area contributed by atoms with E-state index >= 15 is 0 Å². The Balaban J connectivity index is 2.23. The summed E-state index contributed by atoms with van der Waals surface area (Å²) in [5, 5.41) is 16.0. The number of benzene rings is 1. The summed E-state index contributed by atoms with van der Waals surface area (Å²) in [6.45, 7) is 6.14. The first-order valence-electron chi connectivity index (χ1n) is 8.58. The highest BCUT2D eigenvalue weighted by Gasteiger charge is 2.15. The van der Waals surface area contributed by atoms with E-state index in [0.29, 0.717) is 16.7 Å². The molecule has 0 spiro atoms. The van der Waals surface area contributed by atoms with Gasteiger partial charge >= 0.3 is 0 Å². The van der Waals surface area contributed by atoms with Crippen LogP contribution in [-0.2, 0) is 16.1 Å². The Hall–Kier alpha value is -2.19. The minimum atomic E-state index is -2.73. The number of aliphatic hydroxyl groups excluding tert-OH is 1. The molecule has 1 aromatic carbocycles. The summed E-state index contributed by atoms with van der Waals surface area (Å²) in [4.78, 5) is 9.36. The quantitative estimate of drug-likeness (QED) is 0.562. The van der Waals surface area contributed by atoms with Gasteiger partial charge in [0.25, 0.3) is 0 Å². The summed E-state index contributed by atoms with van der Waals surface area (Å²) < 4.78 is 19.4. The first-order valence-corrected chi connectivity index (χ1v) is 10.6. The van der Waals surface area contributed by atoms with Crippen molar-refractivity contribution in [3.05, 3.63) is 36.0 Å². The Morgan fingerprint density at radius 3 is 2.42 bits per heavy atom. The highest BCUT2D eigenvalue weighted by atomic mass is 32.2. The minimum absolute atomic E-state index is 0.0263. The Labute approximate surface area is 155 Å². The highest BCUT2D eigenvalue weighted by molar-refractivity contribution is 7.91. The summed E-state index contributed by atoms with van der Waals surface area (Å²) in [6.07, 6.45) is 3.94. The standard InChI is InChI=1S/C18H27N5O2S/c1-5-13-10-20-18(23-17(13)22-16(11-24)12(2)3)21-14-6-8-15(9-7-14)26(4,19)25/h6-10,12,16,19,24H,5,11H2,1-4H3,(H2,20,21,22,23)/t16-,26?/m0/s1. The van der Waals surface area contributed by atoms with E-state index in [1.54, 1.807) is 30.5 Å². The van der Waals surface area contributed by atoms with Gasteiger partial charge in [-0.3, -0.25) is 0 Å². The fourth-order valence-corrected chi connectivity index (χ4v) is 3.03. The molecule has 2 aromatic rings. The summed E-state index contributed by atoms with van der Waals surface area (Å²) in [5.74, 6) is 1.40. The molecule has 4 N–H and O–H groups in total. The van der Waals surface area contributed by atoms with Gasteiger partial charge in [0.05, 0.1) is 22.4 Å². The molecule has 1 aromatic heterocycles. The predicted molar refractivity (Wildman–Crippen MR) is 106 cm³/mol. The molecule has 0 fully saturated rings. The second-order valence-electron chi connectivity index (χ2n) is 6.59. The van der Waals surface area contributed by atoms with Gasteiger partial charge in [-0.15, -0.1) is 0 Å². The van der Waals surface area contributed by atoms with Gasteiger partial charge in [0.15, 0.2) is 0 Å². The molecule has 8 heteroatoms. The maximum Gasteiger partial charge on any atom is 0.229 e. The van der Waals surface area contributed by atoms with Crippen molar-refractivity contribution < 1.29 is 9.32 Å². The molecule has 2 atom stereocenters. The van der Waals surface area contributed by atoms with Crippen LogP contribution in [0.5, 0.6) is 0 Å². The van der Waals surface area contributed by atoms with Gasteiger partial charge in [-0.2, -0.15) is 4.98 Å². The molecular weight excluding hydrogens is 350 g/mol. The molecule has 142 valence electrons. The minimum Gasteiger partial charge on any atom is -0.394 e. The van der Waals surface area contributed by atoms with Crippen molar-refractivity contribution in [2.24, 2.45) is 5.92 Å². The maximum absolute atomic E-state index is 11.8. The lowest BCUT2D eigenvalue weighted by molar-refractivity contribution is 0.249. The predicted octanol–water partition coefficient (Wildman–Crippen LogP) is 3.25. The average Bonchev–Trinajstić information content (AvgIpc) is 2.59. The van der Waals surface area contributed by atoms with E-state index in [2.05, 4.69) is 20.6 Å². The van der Waals surface area contributed by atoms with Gasteiger partial charge in [-0.05, 0) is 36.6 Å². The molecule has 2 rings (SSSR count). The van der Waals surface area contributed by atoms with Gasteiger partial charge in [-0.25, -0.2) is 14.0 Å². The van der Waals surface area contributed by atoms with Crippen LogP contribution in [0.1, 0.15) is 26.3 Å². The van der Waals surface area contributed by atoms with Crippen LogP contribution < -0.4 is 10.6 Å². The molecule has 0 aliphatic carbocycles. The second kappa shape index (κ2) is 8.46. The summed E-state index contributed by atoms with van der Waals surface area (Å²) in [7, 11) is -2.73. The topological polar surface area (TPSA) is 111 Å². The number of hydrogen-bond donors (Lipinski definition) is 4. The first kappa shape index (κ1) is 20.1. The molecule has 0 bridgehead atoms. The molecule has 1 unspecified atom stereocenters. The molecule has 0 saturated carbocycles. The van der Waals surface area contributed by atoms with E-state index in [4.69, 9.17) is 4.78 Å². The average molecular weight is 378 g/mol. The third-order valence-electron chi connectivity index (χ3n) is 4.13. The van der Waals surface area contributed by atoms with Crippen molar-refractivity contribution in [2.75, 3.05) is 23.5 Å². The lowest BCUT2D eigenvalue weighted by Crippen LogP contribution is -2.30. The van der Waals surface area contributed by atoms with Gasteiger partial charge in [0.2, 0.25) is 5.95 Å². The zero-order chi connectivity index (χ0) is 19.3. The summed E-state index contributed by atoms with van der Waals surface area (Å²) in [6, 6.07) is 6.75. The van der Waals surface area contributed by atoms with Crippen molar-refractivity contribution >= 4 is 27.2 Å². The van der Waals surface area contributed by atoms with Gasteiger partial charge in [0.1, 0.15) is 5.82 Å². The van der Waals surface area contributed by atoms with Crippen LogP contribution in [0.15, 0.2) is 35.4 Å². The summed E-state index contributed by atoms with van der Waals surface area (Å²) in [5.41, 5.74) is 1.72. The van der Waals surface area contributed by atoms with E-state index in [-0.39, 0.29) is 18.6 Å². The van der Waals surface area contributed by atoms with Gasteiger partial charge in [0, 0.05) is 28.6 Å². The zero-order valence-electron chi connectivity index (χ0n) is 15.6. The zero-order valence-corrected chi connectivity index (χ0v) is 16.4. The molecule has 7 nitrogen and oxygen atoms in total. The van der Waals surface area contributed by atoms with E-state index in [1.165, 1.54) is 6.26 Å². The molecule has 1 heterocycles. The second-order valence-corrected chi connectivity index (χ2v) is 8.75. The largest absolute Gasteiger partial charge is 0.394 e. The molecule has 26 heavy (non-hydrogen) atoms. The molecule has 0 radical (unpaired) electrons. The normalized spacial score (nSPS) is 14.7. The lowest BCUT2D eigenvalue weighted by atomic mass is 10.1. The van der Waals surface area contributed by atoms with Crippen LogP contribution in [0.4, 0.5) is 17.5 Å². The van der Waals surface area contributed by atoms with E-state index in [0.717, 1.165) is 17.7 Å². The third kappa shape index (κ3) is 5.15. The lowest BCUT2D eigenvalue weighted by Gasteiger charge is -2.22. The van der Waals surface area contributed by atoms with Crippen LogP contribution in [0.2, 0.25) is 0 Å². The molecule has 0 saturated heterocycles. The Morgan fingerprint density at radius 1 is 1.27 bits per heavy atom. The monoisotopic (exact) mass is 377 g/mol. The number of anilines is 3. The highest BCUT2D eigenvalue weighted by Crippen LogP contribution is 2.21. The van der Waals surface area contributed by atoms with E-state index in [1.807, 2.05) is 20.8 Å². The first-order chi connectivity index (χ1) is 12.2. The Bertz CT molecular complexity index is 835. The summed E-state index contributed by atoms with van der Waals surface area (Å²) >= 11 is 0. The fourth-order valence-electron chi connectivity index (χ4n) is 2.38. The van der Waals surface area contributed by atoms with Crippen molar-refractivity contribution in [1.29, 1.82) is 4.78 Å².